The van der Waals surface area contributed by atoms with Crippen molar-refractivity contribution in [2.24, 2.45) is 5.41 Å². The fraction of sp³-hybridized carbons (Fsp3) is 0.938. The molecule has 3 heterocycles. The van der Waals surface area contributed by atoms with Gasteiger partial charge in [0.25, 0.3) is 0 Å². The molecule has 1 aliphatic carbocycles. The molecule has 0 radical (unpaired) electrons. The van der Waals surface area contributed by atoms with E-state index >= 15 is 0 Å². The zero-order chi connectivity index (χ0) is 14.3. The molecule has 2 spiro atoms. The maximum Gasteiger partial charge on any atom is 0.410 e. The van der Waals surface area contributed by atoms with Gasteiger partial charge < -0.3 is 19.1 Å². The molecule has 4 rings (SSSR count). The topological polar surface area (TPSA) is 51.3 Å². The third-order valence-electron chi connectivity index (χ3n) is 5.91. The van der Waals surface area contributed by atoms with Crippen LogP contribution in [0.3, 0.4) is 0 Å². The van der Waals surface area contributed by atoms with Gasteiger partial charge >= 0.3 is 6.09 Å². The van der Waals surface area contributed by atoms with E-state index in [-0.39, 0.29) is 17.8 Å². The molecule has 0 aromatic carbocycles. The number of rotatable bonds is 1. The second kappa shape index (κ2) is 5.13. The fourth-order valence-electron chi connectivity index (χ4n) is 4.15. The predicted octanol–water partition coefficient (Wildman–Crippen LogP) is 2.34. The Morgan fingerprint density at radius 2 is 1.81 bits per heavy atom. The molecule has 118 valence electrons. The molecule has 0 N–H and O–H groups in total. The first-order chi connectivity index (χ1) is 10.2. The van der Waals surface area contributed by atoms with Gasteiger partial charge in [-0.05, 0) is 50.4 Å². The van der Waals surface area contributed by atoms with Crippen LogP contribution in [-0.2, 0) is 14.2 Å². The molecule has 5 heteroatoms. The average molecular weight is 295 g/mol. The predicted molar refractivity (Wildman–Crippen MR) is 76.1 cm³/mol. The van der Waals surface area contributed by atoms with Crippen LogP contribution in [-0.4, -0.2) is 55.6 Å². The molecular weight excluding hydrogens is 270 g/mol. The highest BCUT2D eigenvalue weighted by atomic mass is 16.6. The van der Waals surface area contributed by atoms with Crippen molar-refractivity contribution < 1.29 is 19.0 Å². The van der Waals surface area contributed by atoms with Gasteiger partial charge in [0.1, 0.15) is 6.10 Å². The minimum absolute atomic E-state index is 0.0959. The first kappa shape index (κ1) is 13.8. The Balaban J connectivity index is 1.27. The van der Waals surface area contributed by atoms with E-state index in [1.807, 2.05) is 4.90 Å². The number of hydrogen-bond donors (Lipinski definition) is 0. The van der Waals surface area contributed by atoms with Crippen LogP contribution in [0.2, 0.25) is 0 Å². The monoisotopic (exact) mass is 295 g/mol. The largest absolute Gasteiger partial charge is 0.446 e. The number of likely N-dealkylation sites (tertiary alicyclic amines) is 1. The van der Waals surface area contributed by atoms with Crippen molar-refractivity contribution in [1.82, 2.24) is 4.90 Å². The molecule has 0 aromatic rings. The number of carbonyl (C=O) groups excluding carboxylic acids is 1. The average Bonchev–Trinajstić information content (AvgIpc) is 3.15. The number of amides is 1. The number of ether oxygens (including phenoxy) is 3. The second-order valence-electron chi connectivity index (χ2n) is 7.34. The summed E-state index contributed by atoms with van der Waals surface area (Å²) < 4.78 is 16.7. The minimum atomic E-state index is -0.101. The number of hydrogen-bond acceptors (Lipinski definition) is 4. The van der Waals surface area contributed by atoms with Crippen molar-refractivity contribution in [2.45, 2.75) is 56.7 Å². The third-order valence-corrected chi connectivity index (χ3v) is 5.91. The Kier molecular flexibility index (Phi) is 3.38. The SMILES string of the molecule is O=C(OC1CCC2(CC1)CO2)N1CCC2(CCOCC2)C1. The van der Waals surface area contributed by atoms with E-state index < -0.39 is 0 Å². The Labute approximate surface area is 125 Å². The molecule has 1 amide bonds. The van der Waals surface area contributed by atoms with Crippen LogP contribution in [0.1, 0.15) is 44.9 Å². The highest BCUT2D eigenvalue weighted by Gasteiger charge is 2.48. The Morgan fingerprint density at radius 1 is 1.10 bits per heavy atom. The molecule has 0 unspecified atom stereocenters. The van der Waals surface area contributed by atoms with Crippen LogP contribution in [0.25, 0.3) is 0 Å². The van der Waals surface area contributed by atoms with Crippen molar-refractivity contribution in [2.75, 3.05) is 32.9 Å². The molecule has 1 saturated carbocycles. The van der Waals surface area contributed by atoms with Gasteiger partial charge in [0.05, 0.1) is 12.2 Å². The van der Waals surface area contributed by atoms with Crippen LogP contribution < -0.4 is 0 Å². The lowest BCUT2D eigenvalue weighted by Crippen LogP contribution is -2.38. The molecule has 0 aromatic heterocycles. The van der Waals surface area contributed by atoms with Crippen molar-refractivity contribution >= 4 is 6.09 Å². The van der Waals surface area contributed by atoms with Gasteiger partial charge in [-0.1, -0.05) is 0 Å². The van der Waals surface area contributed by atoms with Gasteiger partial charge in [-0.15, -0.1) is 0 Å². The zero-order valence-electron chi connectivity index (χ0n) is 12.6. The molecule has 4 fully saturated rings. The standard InChI is InChI=1S/C16H25NO4/c18-14(21-13-1-3-16(4-2-13)12-20-16)17-8-5-15(11-17)6-9-19-10-7-15/h13H,1-12H2. The third kappa shape index (κ3) is 2.78. The van der Waals surface area contributed by atoms with Crippen LogP contribution in [0.15, 0.2) is 0 Å². The summed E-state index contributed by atoms with van der Waals surface area (Å²) in [5.41, 5.74) is 0.471. The smallest absolute Gasteiger partial charge is 0.410 e. The Bertz CT molecular complexity index is 405. The van der Waals surface area contributed by atoms with E-state index in [1.165, 1.54) is 0 Å². The van der Waals surface area contributed by atoms with E-state index in [9.17, 15) is 4.79 Å². The summed E-state index contributed by atoms with van der Waals surface area (Å²) in [6, 6.07) is 0. The quantitative estimate of drug-likeness (QED) is 0.697. The molecule has 21 heavy (non-hydrogen) atoms. The van der Waals surface area contributed by atoms with Crippen molar-refractivity contribution in [3.05, 3.63) is 0 Å². The summed E-state index contributed by atoms with van der Waals surface area (Å²) in [5.74, 6) is 0. The summed E-state index contributed by atoms with van der Waals surface area (Å²) in [6.07, 6.45) is 7.28. The molecule has 0 atom stereocenters. The first-order valence-electron chi connectivity index (χ1n) is 8.36. The number of nitrogens with zero attached hydrogens (tertiary/aromatic N) is 1. The van der Waals surface area contributed by atoms with Crippen LogP contribution >= 0.6 is 0 Å². The molecule has 0 bridgehead atoms. The van der Waals surface area contributed by atoms with Crippen molar-refractivity contribution in [1.29, 1.82) is 0 Å². The molecule has 4 aliphatic rings. The molecular formula is C16H25NO4. The van der Waals surface area contributed by atoms with E-state index in [2.05, 4.69) is 0 Å². The lowest BCUT2D eigenvalue weighted by atomic mass is 9.80. The Morgan fingerprint density at radius 3 is 2.48 bits per heavy atom. The van der Waals surface area contributed by atoms with Gasteiger partial charge in [0, 0.05) is 26.3 Å². The summed E-state index contributed by atoms with van der Waals surface area (Å²) in [6.45, 7) is 4.29. The molecule has 5 nitrogen and oxygen atoms in total. The summed E-state index contributed by atoms with van der Waals surface area (Å²) in [5, 5.41) is 0. The minimum Gasteiger partial charge on any atom is -0.446 e. The van der Waals surface area contributed by atoms with Gasteiger partial charge in [0.2, 0.25) is 0 Å². The normalized spacial score (nSPS) is 37.9. The van der Waals surface area contributed by atoms with Crippen LogP contribution in [0.5, 0.6) is 0 Å². The van der Waals surface area contributed by atoms with Gasteiger partial charge in [-0.2, -0.15) is 0 Å². The Hall–Kier alpha value is -0.810. The maximum atomic E-state index is 12.4. The second-order valence-corrected chi connectivity index (χ2v) is 7.34. The zero-order valence-corrected chi connectivity index (χ0v) is 12.6. The number of epoxide rings is 1. The van der Waals surface area contributed by atoms with Crippen LogP contribution in [0.4, 0.5) is 4.79 Å². The highest BCUT2D eigenvalue weighted by Crippen LogP contribution is 2.43. The lowest BCUT2D eigenvalue weighted by molar-refractivity contribution is 0.0118. The first-order valence-corrected chi connectivity index (χ1v) is 8.36. The molecule has 3 aliphatic heterocycles. The van der Waals surface area contributed by atoms with E-state index in [4.69, 9.17) is 14.2 Å². The van der Waals surface area contributed by atoms with Gasteiger partial charge in [-0.25, -0.2) is 4.79 Å². The van der Waals surface area contributed by atoms with E-state index in [0.717, 1.165) is 77.9 Å². The van der Waals surface area contributed by atoms with Crippen LogP contribution in [0, 0.1) is 5.41 Å². The van der Waals surface area contributed by atoms with Crippen molar-refractivity contribution in [3.8, 4) is 0 Å². The fourth-order valence-corrected chi connectivity index (χ4v) is 4.15. The number of carbonyl (C=O) groups is 1. The summed E-state index contributed by atoms with van der Waals surface area (Å²) in [7, 11) is 0. The van der Waals surface area contributed by atoms with Gasteiger partial charge in [0.15, 0.2) is 0 Å². The van der Waals surface area contributed by atoms with Gasteiger partial charge in [-0.3, -0.25) is 0 Å². The van der Waals surface area contributed by atoms with Crippen molar-refractivity contribution in [3.63, 3.8) is 0 Å². The maximum absolute atomic E-state index is 12.4. The summed E-state index contributed by atoms with van der Waals surface area (Å²) >= 11 is 0. The summed E-state index contributed by atoms with van der Waals surface area (Å²) in [4.78, 5) is 14.3. The lowest BCUT2D eigenvalue weighted by Gasteiger charge is -2.33. The highest BCUT2D eigenvalue weighted by molar-refractivity contribution is 5.68. The van der Waals surface area contributed by atoms with E-state index in [1.54, 1.807) is 0 Å². The molecule has 3 saturated heterocycles. The van der Waals surface area contributed by atoms with E-state index in [0.29, 0.717) is 5.41 Å².